The molecule has 5 heteroatoms. The Labute approximate surface area is 119 Å². The first-order valence-electron chi connectivity index (χ1n) is 6.07. The van der Waals surface area contributed by atoms with Gasteiger partial charge in [0.1, 0.15) is 5.75 Å². The standard InChI is InChI=1S/C15H12N2O2S/c1-19-10-5-4-6-11(9-10)20-15-16-13-8-3-2-7-12(13)14(18)17-15/h2-9H,1H3,(H,16,17,18). The van der Waals surface area contributed by atoms with Gasteiger partial charge < -0.3 is 9.72 Å². The highest BCUT2D eigenvalue weighted by molar-refractivity contribution is 7.99. The minimum atomic E-state index is -0.124. The van der Waals surface area contributed by atoms with E-state index in [0.717, 1.165) is 10.6 Å². The average Bonchev–Trinajstić information content (AvgIpc) is 2.47. The molecule has 3 aromatic rings. The van der Waals surface area contributed by atoms with Crippen LogP contribution in [0, 0.1) is 0 Å². The minimum absolute atomic E-state index is 0.124. The van der Waals surface area contributed by atoms with E-state index in [1.165, 1.54) is 11.8 Å². The molecule has 2 aromatic carbocycles. The fourth-order valence-corrected chi connectivity index (χ4v) is 2.72. The maximum absolute atomic E-state index is 12.0. The molecule has 0 unspecified atom stereocenters. The van der Waals surface area contributed by atoms with Crippen molar-refractivity contribution in [2.24, 2.45) is 0 Å². The van der Waals surface area contributed by atoms with E-state index < -0.39 is 0 Å². The molecular weight excluding hydrogens is 272 g/mol. The van der Waals surface area contributed by atoms with Crippen LogP contribution in [0.4, 0.5) is 0 Å². The van der Waals surface area contributed by atoms with Crippen molar-refractivity contribution in [3.63, 3.8) is 0 Å². The van der Waals surface area contributed by atoms with Crippen LogP contribution in [0.25, 0.3) is 10.9 Å². The number of hydrogen-bond donors (Lipinski definition) is 1. The summed E-state index contributed by atoms with van der Waals surface area (Å²) in [5, 5.41) is 1.17. The van der Waals surface area contributed by atoms with Crippen LogP contribution in [0.15, 0.2) is 63.4 Å². The zero-order valence-corrected chi connectivity index (χ0v) is 11.6. The van der Waals surface area contributed by atoms with Gasteiger partial charge in [-0.2, -0.15) is 0 Å². The van der Waals surface area contributed by atoms with Crippen molar-refractivity contribution < 1.29 is 4.74 Å². The Balaban J connectivity index is 2.00. The molecule has 4 nitrogen and oxygen atoms in total. The molecule has 100 valence electrons. The number of ether oxygens (including phenoxy) is 1. The summed E-state index contributed by atoms with van der Waals surface area (Å²) in [5.41, 5.74) is 0.572. The van der Waals surface area contributed by atoms with E-state index in [4.69, 9.17) is 4.74 Å². The molecule has 0 amide bonds. The summed E-state index contributed by atoms with van der Waals surface area (Å²) in [5.74, 6) is 0.776. The third kappa shape index (κ3) is 2.53. The number of aromatic amines is 1. The summed E-state index contributed by atoms with van der Waals surface area (Å²) in [6.07, 6.45) is 0. The van der Waals surface area contributed by atoms with E-state index in [0.29, 0.717) is 16.1 Å². The zero-order chi connectivity index (χ0) is 13.9. The van der Waals surface area contributed by atoms with Gasteiger partial charge in [0.15, 0.2) is 5.16 Å². The van der Waals surface area contributed by atoms with E-state index >= 15 is 0 Å². The number of nitrogens with zero attached hydrogens (tertiary/aromatic N) is 1. The van der Waals surface area contributed by atoms with Gasteiger partial charge in [0.05, 0.1) is 18.0 Å². The average molecular weight is 284 g/mol. The van der Waals surface area contributed by atoms with Crippen LogP contribution >= 0.6 is 11.8 Å². The molecule has 0 saturated carbocycles. The highest BCUT2D eigenvalue weighted by Crippen LogP contribution is 2.27. The lowest BCUT2D eigenvalue weighted by molar-refractivity contribution is 0.413. The van der Waals surface area contributed by atoms with Crippen molar-refractivity contribution in [3.05, 3.63) is 58.9 Å². The topological polar surface area (TPSA) is 55.0 Å². The molecule has 1 heterocycles. The third-order valence-corrected chi connectivity index (χ3v) is 3.72. The third-order valence-electron chi connectivity index (χ3n) is 2.85. The molecule has 0 spiro atoms. The van der Waals surface area contributed by atoms with E-state index in [-0.39, 0.29) is 5.56 Å². The Hall–Kier alpha value is -2.27. The molecule has 0 bridgehead atoms. The van der Waals surface area contributed by atoms with Crippen LogP contribution < -0.4 is 10.3 Å². The zero-order valence-electron chi connectivity index (χ0n) is 10.8. The van der Waals surface area contributed by atoms with Gasteiger partial charge in [-0.1, -0.05) is 30.0 Å². The Morgan fingerprint density at radius 3 is 2.85 bits per heavy atom. The summed E-state index contributed by atoms with van der Waals surface area (Å²) in [6.45, 7) is 0. The van der Waals surface area contributed by atoms with E-state index in [9.17, 15) is 4.79 Å². The number of benzene rings is 2. The molecule has 0 aliphatic rings. The molecule has 0 saturated heterocycles. The lowest BCUT2D eigenvalue weighted by atomic mass is 10.2. The van der Waals surface area contributed by atoms with Crippen molar-refractivity contribution in [1.82, 2.24) is 9.97 Å². The second-order valence-electron chi connectivity index (χ2n) is 4.17. The second kappa shape index (κ2) is 5.38. The van der Waals surface area contributed by atoms with Crippen LogP contribution in [0.3, 0.4) is 0 Å². The van der Waals surface area contributed by atoms with Crippen LogP contribution in [0.1, 0.15) is 0 Å². The summed E-state index contributed by atoms with van der Waals surface area (Å²) >= 11 is 1.40. The quantitative estimate of drug-likeness (QED) is 0.751. The number of aromatic nitrogens is 2. The number of nitrogens with one attached hydrogen (secondary N) is 1. The van der Waals surface area contributed by atoms with E-state index in [2.05, 4.69) is 9.97 Å². The Morgan fingerprint density at radius 2 is 2.00 bits per heavy atom. The summed E-state index contributed by atoms with van der Waals surface area (Å²) in [6, 6.07) is 14.9. The lowest BCUT2D eigenvalue weighted by Gasteiger charge is -2.04. The Bertz CT molecular complexity index is 814. The monoisotopic (exact) mass is 284 g/mol. The Morgan fingerprint density at radius 1 is 1.15 bits per heavy atom. The number of rotatable bonds is 3. The number of H-pyrrole nitrogens is 1. The number of methoxy groups -OCH3 is 1. The predicted octanol–water partition coefficient (Wildman–Crippen LogP) is 3.08. The van der Waals surface area contributed by atoms with Gasteiger partial charge >= 0.3 is 0 Å². The maximum atomic E-state index is 12.0. The number of fused-ring (bicyclic) bond motifs is 1. The lowest BCUT2D eigenvalue weighted by Crippen LogP contribution is -2.08. The van der Waals surface area contributed by atoms with Gasteiger partial charge in [0.25, 0.3) is 5.56 Å². The van der Waals surface area contributed by atoms with Gasteiger partial charge in [0.2, 0.25) is 0 Å². The largest absolute Gasteiger partial charge is 0.497 e. The first-order chi connectivity index (χ1) is 9.76. The SMILES string of the molecule is COc1cccc(Sc2nc3ccccc3c(=O)[nH]2)c1. The van der Waals surface area contributed by atoms with Gasteiger partial charge in [-0.25, -0.2) is 4.98 Å². The molecule has 20 heavy (non-hydrogen) atoms. The van der Waals surface area contributed by atoms with Crippen molar-refractivity contribution in [2.45, 2.75) is 10.1 Å². The maximum Gasteiger partial charge on any atom is 0.259 e. The summed E-state index contributed by atoms with van der Waals surface area (Å²) < 4.78 is 5.18. The molecule has 0 fully saturated rings. The van der Waals surface area contributed by atoms with Gasteiger partial charge in [-0.3, -0.25) is 4.79 Å². The highest BCUT2D eigenvalue weighted by atomic mass is 32.2. The van der Waals surface area contributed by atoms with Crippen LogP contribution in [0.5, 0.6) is 5.75 Å². The minimum Gasteiger partial charge on any atom is -0.497 e. The van der Waals surface area contributed by atoms with Crippen molar-refractivity contribution in [1.29, 1.82) is 0 Å². The molecule has 0 aliphatic carbocycles. The van der Waals surface area contributed by atoms with Crippen LogP contribution in [0.2, 0.25) is 0 Å². The van der Waals surface area contributed by atoms with Crippen LogP contribution in [-0.4, -0.2) is 17.1 Å². The first kappa shape index (κ1) is 12.7. The number of hydrogen-bond acceptors (Lipinski definition) is 4. The van der Waals surface area contributed by atoms with Crippen molar-refractivity contribution >= 4 is 22.7 Å². The number of para-hydroxylation sites is 1. The molecular formula is C15H12N2O2S. The summed E-state index contributed by atoms with van der Waals surface area (Å²) in [7, 11) is 1.62. The molecule has 0 radical (unpaired) electrons. The molecule has 0 aliphatic heterocycles. The first-order valence-corrected chi connectivity index (χ1v) is 6.89. The molecule has 3 rings (SSSR count). The van der Waals surface area contributed by atoms with Gasteiger partial charge in [0, 0.05) is 4.90 Å². The molecule has 1 N–H and O–H groups in total. The smallest absolute Gasteiger partial charge is 0.259 e. The van der Waals surface area contributed by atoms with Gasteiger partial charge in [-0.05, 0) is 30.3 Å². The predicted molar refractivity (Wildman–Crippen MR) is 79.5 cm³/mol. The highest BCUT2D eigenvalue weighted by Gasteiger charge is 2.05. The van der Waals surface area contributed by atoms with Gasteiger partial charge in [-0.15, -0.1) is 0 Å². The second-order valence-corrected chi connectivity index (χ2v) is 5.23. The summed E-state index contributed by atoms with van der Waals surface area (Å²) in [4.78, 5) is 20.2. The normalized spacial score (nSPS) is 10.7. The molecule has 1 aromatic heterocycles. The Kier molecular flexibility index (Phi) is 3.43. The molecule has 0 atom stereocenters. The fraction of sp³-hybridized carbons (Fsp3) is 0.0667. The van der Waals surface area contributed by atoms with E-state index in [1.807, 2.05) is 42.5 Å². The van der Waals surface area contributed by atoms with Crippen molar-refractivity contribution in [3.8, 4) is 5.75 Å². The van der Waals surface area contributed by atoms with E-state index in [1.54, 1.807) is 13.2 Å². The van der Waals surface area contributed by atoms with Crippen molar-refractivity contribution in [2.75, 3.05) is 7.11 Å². The fourth-order valence-electron chi connectivity index (χ4n) is 1.89. The van der Waals surface area contributed by atoms with Crippen LogP contribution in [-0.2, 0) is 0 Å².